The van der Waals surface area contributed by atoms with Gasteiger partial charge in [-0.2, -0.15) is 0 Å². The van der Waals surface area contributed by atoms with E-state index in [1.165, 1.54) is 11.1 Å². The zero-order valence-electron chi connectivity index (χ0n) is 10.6. The third-order valence-electron chi connectivity index (χ3n) is 3.33. The monoisotopic (exact) mass is 259 g/mol. The molecule has 0 spiro atoms. The molecule has 1 aromatic carbocycles. The lowest BCUT2D eigenvalue weighted by Gasteiger charge is -2.32. The maximum atomic E-state index is 6.22. The van der Waals surface area contributed by atoms with E-state index >= 15 is 0 Å². The summed E-state index contributed by atoms with van der Waals surface area (Å²) >= 11 is 6.22. The van der Waals surface area contributed by atoms with Gasteiger partial charge in [0.25, 0.3) is 0 Å². The molecule has 2 heterocycles. The predicted molar refractivity (Wildman–Crippen MR) is 77.3 cm³/mol. The van der Waals surface area contributed by atoms with Crippen molar-refractivity contribution in [2.75, 3.05) is 4.90 Å². The van der Waals surface area contributed by atoms with Crippen LogP contribution in [0.5, 0.6) is 0 Å². The molecule has 18 heavy (non-hydrogen) atoms. The van der Waals surface area contributed by atoms with Crippen molar-refractivity contribution >= 4 is 34.0 Å². The van der Waals surface area contributed by atoms with E-state index in [1.54, 1.807) is 0 Å². The lowest BCUT2D eigenvalue weighted by atomic mass is 10.1. The maximum Gasteiger partial charge on any atom is 0.172 e. The van der Waals surface area contributed by atoms with Crippen LogP contribution in [0.3, 0.4) is 0 Å². The first-order chi connectivity index (χ1) is 8.56. The number of hydrogen-bond donors (Lipinski definition) is 0. The second-order valence-corrected chi connectivity index (χ2v) is 5.12. The molecule has 0 N–H and O–H groups in total. The van der Waals surface area contributed by atoms with Gasteiger partial charge in [-0.3, -0.25) is 9.89 Å². The molecule has 2 aliphatic heterocycles. The van der Waals surface area contributed by atoms with E-state index in [9.17, 15) is 0 Å². The van der Waals surface area contributed by atoms with E-state index in [0.717, 1.165) is 17.2 Å². The molecule has 0 saturated heterocycles. The second kappa shape index (κ2) is 3.95. The molecular formula is C14H14ClN3. The highest BCUT2D eigenvalue weighted by molar-refractivity contribution is 6.85. The normalized spacial score (nSPS) is 21.7. The van der Waals surface area contributed by atoms with E-state index in [4.69, 9.17) is 11.6 Å². The Hall–Kier alpha value is -1.61. The first-order valence-electron chi connectivity index (χ1n) is 5.97. The molecule has 1 unspecified atom stereocenters. The Kier molecular flexibility index (Phi) is 2.52. The number of aliphatic imine (C=N–C) groups is 2. The van der Waals surface area contributed by atoms with Gasteiger partial charge in [-0.1, -0.05) is 17.7 Å². The molecular weight excluding hydrogens is 246 g/mol. The van der Waals surface area contributed by atoms with Crippen molar-refractivity contribution in [2.45, 2.75) is 26.8 Å². The van der Waals surface area contributed by atoms with Crippen molar-refractivity contribution in [3.63, 3.8) is 0 Å². The minimum atomic E-state index is 0.159. The average molecular weight is 260 g/mol. The van der Waals surface area contributed by atoms with Crippen LogP contribution in [0.2, 0.25) is 0 Å². The molecule has 0 aliphatic carbocycles. The first kappa shape index (κ1) is 11.5. The van der Waals surface area contributed by atoms with E-state index in [-0.39, 0.29) is 6.04 Å². The van der Waals surface area contributed by atoms with Crippen molar-refractivity contribution in [3.05, 3.63) is 35.5 Å². The van der Waals surface area contributed by atoms with Crippen LogP contribution in [-0.4, -0.2) is 17.0 Å². The smallest absolute Gasteiger partial charge is 0.172 e. The molecule has 2 aliphatic rings. The van der Waals surface area contributed by atoms with Gasteiger partial charge in [0.2, 0.25) is 0 Å². The summed E-state index contributed by atoms with van der Waals surface area (Å²) in [6, 6.07) is 6.30. The fraction of sp³-hybridized carbons (Fsp3) is 0.286. The van der Waals surface area contributed by atoms with Gasteiger partial charge >= 0.3 is 0 Å². The standard InChI is InChI=1S/C14H14ClN3/c1-8-4-5-11-12(6-8)18-7-9(2)10(3)16-14(18)13(15)17-11/h4-7,10H,1-3H3. The number of halogens is 1. The van der Waals surface area contributed by atoms with E-state index in [0.29, 0.717) is 5.17 Å². The van der Waals surface area contributed by atoms with Crippen LogP contribution in [0, 0.1) is 6.92 Å². The molecule has 1 aromatic rings. The van der Waals surface area contributed by atoms with E-state index < -0.39 is 0 Å². The summed E-state index contributed by atoms with van der Waals surface area (Å²) in [5.74, 6) is 0.743. The molecule has 1 atom stereocenters. The minimum Gasteiger partial charge on any atom is -0.297 e. The molecule has 0 aromatic heterocycles. The van der Waals surface area contributed by atoms with Gasteiger partial charge in [-0.25, -0.2) is 4.99 Å². The number of aryl methyl sites for hydroxylation is 1. The van der Waals surface area contributed by atoms with Gasteiger partial charge in [0.1, 0.15) is 0 Å². The zero-order valence-corrected chi connectivity index (χ0v) is 11.4. The summed E-state index contributed by atoms with van der Waals surface area (Å²) in [6.45, 7) is 6.21. The number of benzene rings is 1. The maximum absolute atomic E-state index is 6.22. The Balaban J connectivity index is 2.22. The number of amidine groups is 1. The second-order valence-electron chi connectivity index (χ2n) is 4.77. The fourth-order valence-corrected chi connectivity index (χ4v) is 2.36. The molecule has 92 valence electrons. The summed E-state index contributed by atoms with van der Waals surface area (Å²) in [5, 5.41) is 0.460. The molecule has 3 nitrogen and oxygen atoms in total. The van der Waals surface area contributed by atoms with Crippen LogP contribution < -0.4 is 4.90 Å². The first-order valence-corrected chi connectivity index (χ1v) is 6.34. The predicted octanol–water partition coefficient (Wildman–Crippen LogP) is 3.79. The Morgan fingerprint density at radius 1 is 1.28 bits per heavy atom. The summed E-state index contributed by atoms with van der Waals surface area (Å²) < 4.78 is 0. The Morgan fingerprint density at radius 3 is 2.83 bits per heavy atom. The molecule has 0 radical (unpaired) electrons. The average Bonchev–Trinajstić information content (AvgIpc) is 2.33. The molecule has 0 saturated carbocycles. The number of fused-ring (bicyclic) bond motifs is 3. The third kappa shape index (κ3) is 1.66. The lowest BCUT2D eigenvalue weighted by Crippen LogP contribution is -2.37. The zero-order chi connectivity index (χ0) is 12.9. The van der Waals surface area contributed by atoms with Gasteiger partial charge in [-0.05, 0) is 44.0 Å². The SMILES string of the molecule is CC1=CN2C(=NC1C)C(Cl)=Nc1ccc(C)cc12. The van der Waals surface area contributed by atoms with Gasteiger partial charge < -0.3 is 0 Å². The van der Waals surface area contributed by atoms with Crippen LogP contribution >= 0.6 is 11.6 Å². The van der Waals surface area contributed by atoms with Crippen molar-refractivity contribution in [1.82, 2.24) is 0 Å². The highest BCUT2D eigenvalue weighted by Crippen LogP contribution is 2.36. The van der Waals surface area contributed by atoms with Crippen LogP contribution in [0.15, 0.2) is 40.0 Å². The van der Waals surface area contributed by atoms with E-state index in [1.807, 2.05) is 17.0 Å². The number of anilines is 1. The van der Waals surface area contributed by atoms with Crippen molar-refractivity contribution in [2.24, 2.45) is 9.98 Å². The van der Waals surface area contributed by atoms with Crippen LogP contribution in [0.4, 0.5) is 11.4 Å². The third-order valence-corrected chi connectivity index (χ3v) is 3.58. The van der Waals surface area contributed by atoms with Crippen LogP contribution in [0.1, 0.15) is 19.4 Å². The molecule has 3 rings (SSSR count). The number of nitrogens with zero attached hydrogens (tertiary/aromatic N) is 3. The Labute approximate surface area is 112 Å². The molecule has 0 bridgehead atoms. The van der Waals surface area contributed by atoms with Crippen LogP contribution in [0.25, 0.3) is 0 Å². The van der Waals surface area contributed by atoms with Gasteiger partial charge in [0, 0.05) is 6.20 Å². The Morgan fingerprint density at radius 2 is 2.06 bits per heavy atom. The van der Waals surface area contributed by atoms with Crippen LogP contribution in [-0.2, 0) is 0 Å². The van der Waals surface area contributed by atoms with Crippen molar-refractivity contribution < 1.29 is 0 Å². The largest absolute Gasteiger partial charge is 0.297 e. The minimum absolute atomic E-state index is 0.159. The molecule has 4 heteroatoms. The fourth-order valence-electron chi connectivity index (χ4n) is 2.13. The quantitative estimate of drug-likeness (QED) is 0.697. The molecule has 0 fully saturated rings. The lowest BCUT2D eigenvalue weighted by molar-refractivity contribution is 0.839. The highest BCUT2D eigenvalue weighted by Gasteiger charge is 2.28. The summed E-state index contributed by atoms with van der Waals surface area (Å²) in [6.07, 6.45) is 2.10. The molecule has 0 amide bonds. The van der Waals surface area contributed by atoms with Gasteiger partial charge in [-0.15, -0.1) is 0 Å². The van der Waals surface area contributed by atoms with Crippen molar-refractivity contribution in [1.29, 1.82) is 0 Å². The number of rotatable bonds is 0. The van der Waals surface area contributed by atoms with Gasteiger partial charge in [0.05, 0.1) is 17.4 Å². The number of hydrogen-bond acceptors (Lipinski definition) is 3. The Bertz CT molecular complexity index is 613. The van der Waals surface area contributed by atoms with Crippen molar-refractivity contribution in [3.8, 4) is 0 Å². The van der Waals surface area contributed by atoms with E-state index in [2.05, 4.69) is 43.0 Å². The van der Waals surface area contributed by atoms with Gasteiger partial charge in [0.15, 0.2) is 11.0 Å². The highest BCUT2D eigenvalue weighted by atomic mass is 35.5. The summed E-state index contributed by atoms with van der Waals surface area (Å²) in [5.41, 5.74) is 4.36. The topological polar surface area (TPSA) is 28.0 Å². The summed E-state index contributed by atoms with van der Waals surface area (Å²) in [4.78, 5) is 11.1. The summed E-state index contributed by atoms with van der Waals surface area (Å²) in [7, 11) is 0.